The Balaban J connectivity index is -0.000000109. The molecule has 0 saturated carbocycles. The molecule has 0 N–H and O–H groups in total. The van der Waals surface area contributed by atoms with E-state index in [9.17, 15) is 0 Å². The van der Waals surface area contributed by atoms with Crippen molar-refractivity contribution in [2.75, 3.05) is 20.9 Å². The molecule has 0 fully saturated rings. The molecule has 56 valence electrons. The molecule has 3 nitrogen and oxygen atoms in total. The van der Waals surface area contributed by atoms with Crippen LogP contribution in [0.2, 0.25) is 0 Å². The van der Waals surface area contributed by atoms with Gasteiger partial charge in [0.1, 0.15) is 6.66 Å². The third-order valence-corrected chi connectivity index (χ3v) is 1.72. The van der Waals surface area contributed by atoms with E-state index in [-0.39, 0.29) is 17.4 Å². The van der Waals surface area contributed by atoms with Crippen LogP contribution < -0.4 is 0 Å². The minimum atomic E-state index is -0.868. The average Bonchev–Trinajstić information content (AvgIpc) is 1.91. The molecule has 0 rings (SSSR count). The molecule has 0 heterocycles. The van der Waals surface area contributed by atoms with Gasteiger partial charge in [-0.15, -0.1) is 0 Å². The fourth-order valence-corrected chi connectivity index (χ4v) is 0.250. The van der Waals surface area contributed by atoms with E-state index in [1.54, 1.807) is 14.2 Å². The number of hydrogen-bond acceptors (Lipinski definition) is 3. The Labute approximate surface area is 67.8 Å². The predicted molar refractivity (Wildman–Crippen MR) is 35.0 cm³/mol. The van der Waals surface area contributed by atoms with E-state index >= 15 is 0 Å². The predicted octanol–water partition coefficient (Wildman–Crippen LogP) is 0.677. The van der Waals surface area contributed by atoms with E-state index in [1.165, 1.54) is 0 Å². The second-order valence-electron chi connectivity index (χ2n) is 0.900. The van der Waals surface area contributed by atoms with Gasteiger partial charge in [-0.1, -0.05) is 0 Å². The molecule has 0 atom stereocenters. The Hall–Kier alpha value is 0.552. The third kappa shape index (κ3) is 17.7. The maximum absolute atomic E-state index is 7.75. The fourth-order valence-electron chi connectivity index (χ4n) is 0.0833. The van der Waals surface area contributed by atoms with Gasteiger partial charge in [0.15, 0.2) is 0 Å². The molecule has 0 aliphatic carbocycles. The van der Waals surface area contributed by atoms with Crippen LogP contribution in [0.5, 0.6) is 0 Å². The standard InChI is InChI=1S/C3H9O2P.CHO.Cr/c1-4-6(3)5-2;1-2;/h1-3H3;1H;/q;-1;/p+1. The molecule has 0 aromatic rings. The topological polar surface area (TPSA) is 35.5 Å². The van der Waals surface area contributed by atoms with Gasteiger partial charge >= 0.3 is 0 Å². The Morgan fingerprint density at radius 1 is 1.22 bits per heavy atom. The van der Waals surface area contributed by atoms with Crippen molar-refractivity contribution in [2.45, 2.75) is 0 Å². The zero-order valence-electron chi connectivity index (χ0n) is 5.71. The molecular formula is C4H11CrO3P. The summed E-state index contributed by atoms with van der Waals surface area (Å²) >= 11 is 0. The van der Waals surface area contributed by atoms with Crippen LogP contribution in [0.1, 0.15) is 0 Å². The first-order chi connectivity index (χ1) is 3.81. The molecule has 0 saturated heterocycles. The van der Waals surface area contributed by atoms with Gasteiger partial charge in [-0.05, 0) is 0 Å². The molecule has 0 spiro atoms. The summed E-state index contributed by atoms with van der Waals surface area (Å²) in [4.78, 5) is 7.75. The van der Waals surface area contributed by atoms with Crippen molar-refractivity contribution >= 4 is 15.2 Å². The van der Waals surface area contributed by atoms with Crippen molar-refractivity contribution in [3.8, 4) is 0 Å². The van der Waals surface area contributed by atoms with Gasteiger partial charge in [0.25, 0.3) is 8.38 Å². The number of carbonyl (C=O) groups excluding carboxylic acids is 1. The van der Waals surface area contributed by atoms with Gasteiger partial charge < -0.3 is 4.79 Å². The summed E-state index contributed by atoms with van der Waals surface area (Å²) < 4.78 is 9.56. The molecular weight excluding hydrogens is 179 g/mol. The normalized spacial score (nSPS) is 7.11. The molecule has 0 unspecified atom stereocenters. The first kappa shape index (κ1) is 16.3. The quantitative estimate of drug-likeness (QED) is 0.365. The van der Waals surface area contributed by atoms with E-state index in [1.807, 2.05) is 6.66 Å². The number of rotatable bonds is 2. The van der Waals surface area contributed by atoms with Crippen LogP contribution >= 0.6 is 8.38 Å². The van der Waals surface area contributed by atoms with E-state index in [0.717, 1.165) is 0 Å². The van der Waals surface area contributed by atoms with E-state index in [2.05, 4.69) is 6.79 Å². The molecule has 0 aromatic heterocycles. The first-order valence-electron chi connectivity index (χ1n) is 1.96. The Bertz CT molecular complexity index is 42.8. The van der Waals surface area contributed by atoms with Gasteiger partial charge in [-0.25, -0.2) is 9.05 Å². The van der Waals surface area contributed by atoms with Crippen LogP contribution in [-0.2, 0) is 31.2 Å². The van der Waals surface area contributed by atoms with Crippen molar-refractivity contribution < 1.29 is 31.2 Å². The van der Waals surface area contributed by atoms with Crippen molar-refractivity contribution in [3.63, 3.8) is 0 Å². The van der Waals surface area contributed by atoms with Gasteiger partial charge in [0.2, 0.25) is 0 Å². The summed E-state index contributed by atoms with van der Waals surface area (Å²) in [5, 5.41) is 0. The summed E-state index contributed by atoms with van der Waals surface area (Å²) in [5.74, 6) is 0. The van der Waals surface area contributed by atoms with E-state index in [0.29, 0.717) is 0 Å². The molecule has 0 aliphatic rings. The van der Waals surface area contributed by atoms with Crippen molar-refractivity contribution in [1.29, 1.82) is 0 Å². The summed E-state index contributed by atoms with van der Waals surface area (Å²) in [6, 6.07) is 0. The van der Waals surface area contributed by atoms with E-state index < -0.39 is 8.38 Å². The van der Waals surface area contributed by atoms with E-state index in [4.69, 9.17) is 13.8 Å². The van der Waals surface area contributed by atoms with Crippen LogP contribution in [0.15, 0.2) is 0 Å². The number of hydrogen-bond donors (Lipinski definition) is 0. The van der Waals surface area contributed by atoms with Crippen LogP contribution in [-0.4, -0.2) is 27.7 Å². The molecule has 9 heavy (non-hydrogen) atoms. The fraction of sp³-hybridized carbons (Fsp3) is 0.750. The zero-order valence-corrected chi connectivity index (χ0v) is 7.99. The minimum absolute atomic E-state index is 0. The van der Waals surface area contributed by atoms with Crippen molar-refractivity contribution in [3.05, 3.63) is 0 Å². The Morgan fingerprint density at radius 3 is 1.44 bits per heavy atom. The second-order valence-corrected chi connectivity index (χ2v) is 2.70. The molecule has 0 aliphatic heterocycles. The molecule has 0 amide bonds. The largest absolute Gasteiger partial charge is 0.545 e. The average molecular weight is 190 g/mol. The maximum Gasteiger partial charge on any atom is 0.259 e. The second kappa shape index (κ2) is 15.8. The van der Waals surface area contributed by atoms with Crippen LogP contribution in [0.25, 0.3) is 0 Å². The summed E-state index contributed by atoms with van der Waals surface area (Å²) in [5.41, 5.74) is 0. The molecule has 0 radical (unpaired) electrons. The van der Waals surface area contributed by atoms with Crippen LogP contribution in [0, 0.1) is 0 Å². The Kier molecular flexibility index (Phi) is 28.6. The van der Waals surface area contributed by atoms with Crippen LogP contribution in [0.4, 0.5) is 0 Å². The zero-order chi connectivity index (χ0) is 6.99. The van der Waals surface area contributed by atoms with Crippen molar-refractivity contribution in [2.24, 2.45) is 0 Å². The third-order valence-electron chi connectivity index (χ3n) is 0.575. The SMILES string of the molecule is CO[PH+](C)OC.[CH-]=O.[Cr]. The minimum Gasteiger partial charge on any atom is -0.545 e. The molecule has 0 aromatic carbocycles. The maximum atomic E-state index is 7.75. The summed E-state index contributed by atoms with van der Waals surface area (Å²) in [6.07, 6.45) is 0. The van der Waals surface area contributed by atoms with Crippen LogP contribution in [0.3, 0.4) is 0 Å². The van der Waals surface area contributed by atoms with Crippen molar-refractivity contribution in [1.82, 2.24) is 0 Å². The summed E-state index contributed by atoms with van der Waals surface area (Å²) in [6.45, 7) is 5.19. The summed E-state index contributed by atoms with van der Waals surface area (Å²) in [7, 11) is 2.43. The molecule has 0 bridgehead atoms. The molecule has 5 heteroatoms. The van der Waals surface area contributed by atoms with Gasteiger partial charge in [0, 0.05) is 17.4 Å². The van der Waals surface area contributed by atoms with Gasteiger partial charge in [0.05, 0.1) is 14.2 Å². The van der Waals surface area contributed by atoms with Gasteiger partial charge in [-0.3, -0.25) is 6.79 Å². The smallest absolute Gasteiger partial charge is 0.259 e. The first-order valence-corrected chi connectivity index (χ1v) is 3.78. The monoisotopic (exact) mass is 190 g/mol. The Morgan fingerprint density at radius 2 is 1.44 bits per heavy atom. The van der Waals surface area contributed by atoms with Gasteiger partial charge in [-0.2, -0.15) is 0 Å².